The SMILES string of the molecule is CC(C)c1ccccc1-n1c(SCCS(C)(=O)=O)nnc1-c1cccnc1. The van der Waals surface area contributed by atoms with Gasteiger partial charge in [-0.15, -0.1) is 10.2 Å². The number of pyridine rings is 1. The summed E-state index contributed by atoms with van der Waals surface area (Å²) in [5, 5.41) is 9.40. The maximum Gasteiger partial charge on any atom is 0.196 e. The molecule has 0 amide bonds. The smallest absolute Gasteiger partial charge is 0.196 e. The fraction of sp³-hybridized carbons (Fsp3) is 0.316. The first-order valence-electron chi connectivity index (χ1n) is 8.62. The molecule has 0 N–H and O–H groups in total. The molecule has 0 saturated heterocycles. The number of aromatic nitrogens is 4. The minimum Gasteiger partial charge on any atom is -0.270 e. The number of rotatable bonds is 7. The van der Waals surface area contributed by atoms with Gasteiger partial charge in [0.15, 0.2) is 11.0 Å². The molecule has 0 aliphatic rings. The largest absolute Gasteiger partial charge is 0.270 e. The van der Waals surface area contributed by atoms with E-state index in [0.717, 1.165) is 11.3 Å². The maximum absolute atomic E-state index is 11.5. The topological polar surface area (TPSA) is 77.7 Å². The van der Waals surface area contributed by atoms with Crippen molar-refractivity contribution >= 4 is 21.6 Å². The van der Waals surface area contributed by atoms with E-state index in [1.54, 1.807) is 12.4 Å². The van der Waals surface area contributed by atoms with Crippen LogP contribution in [-0.4, -0.2) is 45.9 Å². The third-order valence-electron chi connectivity index (χ3n) is 4.04. The molecular formula is C19H22N4O2S2. The second-order valence-corrected chi connectivity index (χ2v) is 9.90. The van der Waals surface area contributed by atoms with E-state index in [1.807, 2.05) is 34.9 Å². The molecule has 0 aliphatic heterocycles. The molecule has 0 unspecified atom stereocenters. The van der Waals surface area contributed by atoms with Crippen molar-refractivity contribution in [3.8, 4) is 17.1 Å². The number of nitrogens with zero attached hydrogens (tertiary/aromatic N) is 4. The van der Waals surface area contributed by atoms with E-state index in [9.17, 15) is 8.42 Å². The van der Waals surface area contributed by atoms with Gasteiger partial charge < -0.3 is 0 Å². The molecule has 8 heteroatoms. The molecule has 3 rings (SSSR count). The standard InChI is InChI=1S/C19H22N4O2S2/c1-14(2)16-8-4-5-9-17(16)23-18(15-7-6-10-20-13-15)21-22-19(23)26-11-12-27(3,24)25/h4-10,13-14H,11-12H2,1-3H3. The van der Waals surface area contributed by atoms with Gasteiger partial charge >= 0.3 is 0 Å². The van der Waals surface area contributed by atoms with Crippen LogP contribution in [0.5, 0.6) is 0 Å². The van der Waals surface area contributed by atoms with Crippen molar-refractivity contribution in [3.05, 3.63) is 54.4 Å². The number of benzene rings is 1. The van der Waals surface area contributed by atoms with E-state index in [0.29, 0.717) is 22.7 Å². The van der Waals surface area contributed by atoms with Crippen molar-refractivity contribution in [1.29, 1.82) is 0 Å². The van der Waals surface area contributed by atoms with Crippen LogP contribution in [0.25, 0.3) is 17.1 Å². The molecular weight excluding hydrogens is 380 g/mol. The van der Waals surface area contributed by atoms with Crippen LogP contribution in [0.4, 0.5) is 0 Å². The van der Waals surface area contributed by atoms with E-state index < -0.39 is 9.84 Å². The summed E-state index contributed by atoms with van der Waals surface area (Å²) < 4.78 is 25.0. The highest BCUT2D eigenvalue weighted by atomic mass is 32.2. The van der Waals surface area contributed by atoms with Crippen LogP contribution in [0.15, 0.2) is 53.9 Å². The lowest BCUT2D eigenvalue weighted by Gasteiger charge is -2.16. The lowest BCUT2D eigenvalue weighted by molar-refractivity contribution is 0.603. The van der Waals surface area contributed by atoms with Gasteiger partial charge in [-0.2, -0.15) is 0 Å². The van der Waals surface area contributed by atoms with E-state index in [1.165, 1.54) is 23.6 Å². The first-order valence-corrected chi connectivity index (χ1v) is 11.7. The quantitative estimate of drug-likeness (QED) is 0.562. The third kappa shape index (κ3) is 4.75. The van der Waals surface area contributed by atoms with Crippen LogP contribution < -0.4 is 0 Å². The van der Waals surface area contributed by atoms with Crippen molar-refractivity contribution < 1.29 is 8.42 Å². The average molecular weight is 403 g/mol. The molecule has 0 atom stereocenters. The van der Waals surface area contributed by atoms with Crippen LogP contribution in [0.2, 0.25) is 0 Å². The van der Waals surface area contributed by atoms with Gasteiger partial charge in [0.1, 0.15) is 9.84 Å². The molecule has 0 spiro atoms. The van der Waals surface area contributed by atoms with Crippen molar-refractivity contribution in [3.63, 3.8) is 0 Å². The van der Waals surface area contributed by atoms with E-state index in [4.69, 9.17) is 0 Å². The van der Waals surface area contributed by atoms with Gasteiger partial charge in [-0.3, -0.25) is 9.55 Å². The summed E-state index contributed by atoms with van der Waals surface area (Å²) in [4.78, 5) is 4.19. The van der Waals surface area contributed by atoms with Crippen LogP contribution in [0.1, 0.15) is 25.3 Å². The minimum atomic E-state index is -3.03. The molecule has 2 aromatic heterocycles. The van der Waals surface area contributed by atoms with Crippen LogP contribution in [0.3, 0.4) is 0 Å². The number of thioether (sulfide) groups is 1. The molecule has 2 heterocycles. The molecule has 1 aromatic carbocycles. The summed E-state index contributed by atoms with van der Waals surface area (Å²) in [5.74, 6) is 1.53. The molecule has 0 fully saturated rings. The Morgan fingerprint density at radius 2 is 1.89 bits per heavy atom. The first kappa shape index (κ1) is 19.6. The zero-order valence-electron chi connectivity index (χ0n) is 15.5. The molecule has 6 nitrogen and oxygen atoms in total. The van der Waals surface area contributed by atoms with Crippen LogP contribution in [-0.2, 0) is 9.84 Å². The molecule has 0 aliphatic carbocycles. The first-order chi connectivity index (χ1) is 12.9. The second kappa shape index (κ2) is 8.22. The highest BCUT2D eigenvalue weighted by molar-refractivity contribution is 8.00. The molecule has 0 saturated carbocycles. The van der Waals surface area contributed by atoms with Gasteiger partial charge in [0.05, 0.1) is 11.4 Å². The van der Waals surface area contributed by atoms with Crippen molar-refractivity contribution in [2.24, 2.45) is 0 Å². The van der Waals surface area contributed by atoms with Crippen LogP contribution in [0, 0.1) is 0 Å². The Kier molecular flexibility index (Phi) is 5.96. The van der Waals surface area contributed by atoms with Gasteiger partial charge in [0.2, 0.25) is 0 Å². The minimum absolute atomic E-state index is 0.0958. The van der Waals surface area contributed by atoms with Gasteiger partial charge in [0, 0.05) is 30.0 Å². The highest BCUT2D eigenvalue weighted by Gasteiger charge is 2.19. The predicted molar refractivity (Wildman–Crippen MR) is 109 cm³/mol. The lowest BCUT2D eigenvalue weighted by atomic mass is 10.0. The van der Waals surface area contributed by atoms with Crippen LogP contribution >= 0.6 is 11.8 Å². The van der Waals surface area contributed by atoms with Crippen molar-refractivity contribution in [1.82, 2.24) is 19.7 Å². The number of para-hydroxylation sites is 1. The summed E-state index contributed by atoms with van der Waals surface area (Å²) >= 11 is 1.39. The number of hydrogen-bond donors (Lipinski definition) is 0. The number of hydrogen-bond acceptors (Lipinski definition) is 6. The van der Waals surface area contributed by atoms with Gasteiger partial charge in [-0.05, 0) is 29.7 Å². The Morgan fingerprint density at radius 3 is 2.56 bits per heavy atom. The Balaban J connectivity index is 2.10. The zero-order chi connectivity index (χ0) is 19.4. The number of sulfone groups is 1. The van der Waals surface area contributed by atoms with E-state index in [2.05, 4.69) is 35.1 Å². The molecule has 3 aromatic rings. The normalized spacial score (nSPS) is 11.9. The van der Waals surface area contributed by atoms with Gasteiger partial charge in [0.25, 0.3) is 0 Å². The fourth-order valence-corrected chi connectivity index (χ4v) is 4.87. The summed E-state index contributed by atoms with van der Waals surface area (Å²) in [7, 11) is -3.03. The molecule has 142 valence electrons. The zero-order valence-corrected chi connectivity index (χ0v) is 17.2. The van der Waals surface area contributed by atoms with Gasteiger partial charge in [-0.25, -0.2) is 8.42 Å². The second-order valence-electron chi connectivity index (χ2n) is 6.58. The molecule has 27 heavy (non-hydrogen) atoms. The molecule has 0 bridgehead atoms. The Labute approximate surface area is 164 Å². The lowest BCUT2D eigenvalue weighted by Crippen LogP contribution is -2.08. The predicted octanol–water partition coefficient (Wildman–Crippen LogP) is 3.59. The summed E-state index contributed by atoms with van der Waals surface area (Å²) in [5.41, 5.74) is 3.03. The Bertz CT molecular complexity index is 1020. The highest BCUT2D eigenvalue weighted by Crippen LogP contribution is 2.31. The van der Waals surface area contributed by atoms with Crippen molar-refractivity contribution in [2.75, 3.05) is 17.8 Å². The van der Waals surface area contributed by atoms with Crippen molar-refractivity contribution in [2.45, 2.75) is 24.9 Å². The maximum atomic E-state index is 11.5. The van der Waals surface area contributed by atoms with E-state index >= 15 is 0 Å². The fourth-order valence-electron chi connectivity index (χ4n) is 2.73. The average Bonchev–Trinajstić information content (AvgIpc) is 3.05. The Hall–Kier alpha value is -2.19. The summed E-state index contributed by atoms with van der Waals surface area (Å²) in [6, 6.07) is 11.9. The summed E-state index contributed by atoms with van der Waals surface area (Å²) in [6.45, 7) is 4.28. The Morgan fingerprint density at radius 1 is 1.11 bits per heavy atom. The van der Waals surface area contributed by atoms with Gasteiger partial charge in [-0.1, -0.05) is 43.8 Å². The molecule has 0 radical (unpaired) electrons. The summed E-state index contributed by atoms with van der Waals surface area (Å²) in [6.07, 6.45) is 4.71. The monoisotopic (exact) mass is 402 g/mol. The third-order valence-corrected chi connectivity index (χ3v) is 6.17. The van der Waals surface area contributed by atoms with E-state index in [-0.39, 0.29) is 5.75 Å².